The summed E-state index contributed by atoms with van der Waals surface area (Å²) in [6.45, 7) is 4.50. The van der Waals surface area contributed by atoms with Crippen LogP contribution in [0.3, 0.4) is 0 Å². The maximum absolute atomic E-state index is 13.5. The van der Waals surface area contributed by atoms with E-state index in [2.05, 4.69) is 15.1 Å². The first-order chi connectivity index (χ1) is 11.6. The fourth-order valence-corrected chi connectivity index (χ4v) is 2.98. The van der Waals surface area contributed by atoms with E-state index in [0.29, 0.717) is 23.9 Å². The molecule has 1 aromatic carbocycles. The van der Waals surface area contributed by atoms with Crippen LogP contribution >= 0.6 is 11.3 Å². The van der Waals surface area contributed by atoms with Crippen LogP contribution in [0.1, 0.15) is 25.0 Å². The first-order valence-electron chi connectivity index (χ1n) is 7.37. The van der Waals surface area contributed by atoms with Crippen LogP contribution < -0.4 is 4.74 Å². The summed E-state index contributed by atoms with van der Waals surface area (Å²) in [4.78, 5) is 9.43. The van der Waals surface area contributed by atoms with Crippen LogP contribution in [0.15, 0.2) is 28.9 Å². The summed E-state index contributed by atoms with van der Waals surface area (Å²) < 4.78 is 29.3. The predicted molar refractivity (Wildman–Crippen MR) is 87.4 cm³/mol. The highest BCUT2D eigenvalue weighted by Gasteiger charge is 2.17. The molecule has 0 N–H and O–H groups in total. The van der Waals surface area contributed by atoms with Crippen molar-refractivity contribution in [3.05, 3.63) is 35.2 Å². The minimum atomic E-state index is -0.443. The highest BCUT2D eigenvalue weighted by molar-refractivity contribution is 7.15. The minimum Gasteiger partial charge on any atom is -0.494 e. The van der Waals surface area contributed by atoms with Gasteiger partial charge in [0.1, 0.15) is 16.0 Å². The Morgan fingerprint density at radius 2 is 2.21 bits per heavy atom. The van der Waals surface area contributed by atoms with Gasteiger partial charge in [-0.05, 0) is 32.0 Å². The Hall–Kier alpha value is -2.32. The number of hydrogen-bond acceptors (Lipinski definition) is 7. The second kappa shape index (κ2) is 7.06. The van der Waals surface area contributed by atoms with Crippen molar-refractivity contribution < 1.29 is 18.4 Å². The Bertz CT molecular complexity index is 834. The zero-order valence-electron chi connectivity index (χ0n) is 13.4. The van der Waals surface area contributed by atoms with Gasteiger partial charge in [-0.15, -0.1) is 11.3 Å². The molecule has 6 nitrogen and oxygen atoms in total. The Kier molecular flexibility index (Phi) is 4.86. The van der Waals surface area contributed by atoms with Crippen molar-refractivity contribution in [3.63, 3.8) is 0 Å². The van der Waals surface area contributed by atoms with Crippen molar-refractivity contribution in [1.82, 2.24) is 15.1 Å². The number of aromatic nitrogens is 3. The lowest BCUT2D eigenvalue weighted by Gasteiger charge is -2.06. The number of hydrogen-bond donors (Lipinski definition) is 0. The van der Waals surface area contributed by atoms with Crippen molar-refractivity contribution >= 4 is 11.3 Å². The third-order valence-corrected chi connectivity index (χ3v) is 4.48. The summed E-state index contributed by atoms with van der Waals surface area (Å²) in [6, 6.07) is 4.40. The quantitative estimate of drug-likeness (QED) is 0.667. The zero-order valence-corrected chi connectivity index (χ0v) is 14.3. The second-order valence-corrected chi connectivity index (χ2v) is 6.00. The van der Waals surface area contributed by atoms with E-state index in [0.717, 1.165) is 9.88 Å². The molecule has 8 heteroatoms. The molecular formula is C16H16FN3O3S. The molecule has 0 saturated heterocycles. The Morgan fingerprint density at radius 1 is 1.38 bits per heavy atom. The summed E-state index contributed by atoms with van der Waals surface area (Å²) >= 11 is 1.44. The van der Waals surface area contributed by atoms with Crippen molar-refractivity contribution in [2.75, 3.05) is 13.7 Å². The minimum absolute atomic E-state index is 0.0856. The highest BCUT2D eigenvalue weighted by atomic mass is 32.1. The molecule has 0 aliphatic heterocycles. The van der Waals surface area contributed by atoms with Gasteiger partial charge in [0.25, 0.3) is 5.89 Å². The molecule has 126 valence electrons. The lowest BCUT2D eigenvalue weighted by atomic mass is 10.2. The predicted octanol–water partition coefficient (Wildman–Crippen LogP) is 4.11. The molecule has 1 atom stereocenters. The van der Waals surface area contributed by atoms with Crippen molar-refractivity contribution in [1.29, 1.82) is 0 Å². The van der Waals surface area contributed by atoms with Gasteiger partial charge in [-0.25, -0.2) is 9.37 Å². The zero-order chi connectivity index (χ0) is 17.1. The normalized spacial score (nSPS) is 12.3. The molecule has 0 saturated carbocycles. The average molecular weight is 349 g/mol. The summed E-state index contributed by atoms with van der Waals surface area (Å²) in [5.74, 6) is 0.406. The van der Waals surface area contributed by atoms with Gasteiger partial charge in [-0.1, -0.05) is 5.16 Å². The fraction of sp³-hybridized carbons (Fsp3) is 0.312. The third kappa shape index (κ3) is 3.29. The maximum Gasteiger partial charge on any atom is 0.269 e. The molecule has 0 amide bonds. The largest absolute Gasteiger partial charge is 0.494 e. The van der Waals surface area contributed by atoms with Crippen LogP contribution in [0.2, 0.25) is 0 Å². The van der Waals surface area contributed by atoms with E-state index in [1.165, 1.54) is 30.6 Å². The molecule has 0 fully saturated rings. The van der Waals surface area contributed by atoms with Gasteiger partial charge in [0.2, 0.25) is 5.82 Å². The van der Waals surface area contributed by atoms with Crippen LogP contribution in [-0.4, -0.2) is 28.8 Å². The van der Waals surface area contributed by atoms with Crippen molar-refractivity contribution in [2.24, 2.45) is 0 Å². The van der Waals surface area contributed by atoms with Gasteiger partial charge in [0.05, 0.1) is 13.3 Å². The summed E-state index contributed by atoms with van der Waals surface area (Å²) in [6.07, 6.45) is 1.59. The van der Waals surface area contributed by atoms with Crippen LogP contribution in [0.25, 0.3) is 22.2 Å². The highest BCUT2D eigenvalue weighted by Crippen LogP contribution is 2.31. The van der Waals surface area contributed by atoms with E-state index in [1.54, 1.807) is 12.3 Å². The molecule has 24 heavy (non-hydrogen) atoms. The number of methoxy groups -OCH3 is 1. The van der Waals surface area contributed by atoms with E-state index in [-0.39, 0.29) is 11.9 Å². The van der Waals surface area contributed by atoms with Gasteiger partial charge >= 0.3 is 0 Å². The Morgan fingerprint density at radius 3 is 2.96 bits per heavy atom. The number of thiazole rings is 1. The first-order valence-corrected chi connectivity index (χ1v) is 8.19. The lowest BCUT2D eigenvalue weighted by Crippen LogP contribution is -1.97. The lowest BCUT2D eigenvalue weighted by molar-refractivity contribution is 0.0762. The van der Waals surface area contributed by atoms with Gasteiger partial charge in [-0.3, -0.25) is 0 Å². The van der Waals surface area contributed by atoms with Gasteiger partial charge in [0, 0.05) is 12.2 Å². The molecule has 0 bridgehead atoms. The third-order valence-electron chi connectivity index (χ3n) is 3.33. The molecule has 2 heterocycles. The molecule has 0 aliphatic rings. The number of rotatable bonds is 6. The molecule has 1 unspecified atom stereocenters. The van der Waals surface area contributed by atoms with E-state index in [4.69, 9.17) is 14.0 Å². The SMILES string of the molecule is CCOC(C)c1ncc(-c2nc(-c3ccc(F)c(OC)c3)no2)s1. The molecule has 0 radical (unpaired) electrons. The maximum atomic E-state index is 13.5. The van der Waals surface area contributed by atoms with Gasteiger partial charge in [0.15, 0.2) is 11.6 Å². The van der Waals surface area contributed by atoms with Crippen LogP contribution in [0.4, 0.5) is 4.39 Å². The van der Waals surface area contributed by atoms with Gasteiger partial charge in [-0.2, -0.15) is 4.98 Å². The van der Waals surface area contributed by atoms with E-state index in [1.807, 2.05) is 13.8 Å². The second-order valence-electron chi connectivity index (χ2n) is 4.93. The average Bonchev–Trinajstić information content (AvgIpc) is 3.25. The Balaban J connectivity index is 1.86. The van der Waals surface area contributed by atoms with Crippen LogP contribution in [0, 0.1) is 5.82 Å². The molecule has 2 aromatic heterocycles. The Labute approximate surface area is 142 Å². The molecule has 3 rings (SSSR count). The monoisotopic (exact) mass is 349 g/mol. The molecule has 0 aliphatic carbocycles. The van der Waals surface area contributed by atoms with E-state index < -0.39 is 5.82 Å². The van der Waals surface area contributed by atoms with Crippen molar-refractivity contribution in [2.45, 2.75) is 20.0 Å². The van der Waals surface area contributed by atoms with E-state index in [9.17, 15) is 4.39 Å². The molecule has 3 aromatic rings. The number of nitrogens with zero attached hydrogens (tertiary/aromatic N) is 3. The van der Waals surface area contributed by atoms with Crippen molar-refractivity contribution in [3.8, 4) is 27.9 Å². The first kappa shape index (κ1) is 16.5. The van der Waals surface area contributed by atoms with E-state index >= 15 is 0 Å². The smallest absolute Gasteiger partial charge is 0.269 e. The molecule has 0 spiro atoms. The number of benzene rings is 1. The van der Waals surface area contributed by atoms with Crippen LogP contribution in [-0.2, 0) is 4.74 Å². The standard InChI is InChI=1S/C16H16FN3O3S/c1-4-22-9(2)16-18-8-13(24-16)15-19-14(20-23-15)10-5-6-11(17)12(7-10)21-3/h5-9H,4H2,1-3H3. The summed E-state index contributed by atoms with van der Waals surface area (Å²) in [5.41, 5.74) is 0.607. The topological polar surface area (TPSA) is 70.3 Å². The summed E-state index contributed by atoms with van der Waals surface area (Å²) in [5, 5.41) is 4.78. The molecular weight excluding hydrogens is 333 g/mol. The van der Waals surface area contributed by atoms with Gasteiger partial charge < -0.3 is 14.0 Å². The number of ether oxygens (including phenoxy) is 2. The summed E-state index contributed by atoms with van der Waals surface area (Å²) in [7, 11) is 1.40. The van der Waals surface area contributed by atoms with Crippen LogP contribution in [0.5, 0.6) is 5.75 Å². The fourth-order valence-electron chi connectivity index (χ4n) is 2.14. The number of halogens is 1.